The lowest BCUT2D eigenvalue weighted by molar-refractivity contribution is -0.113. The van der Waals surface area contributed by atoms with Crippen molar-refractivity contribution < 1.29 is 9.21 Å². The van der Waals surface area contributed by atoms with E-state index in [9.17, 15) is 4.79 Å². The summed E-state index contributed by atoms with van der Waals surface area (Å²) in [6.07, 6.45) is 0. The second-order valence-electron chi connectivity index (χ2n) is 4.37. The van der Waals surface area contributed by atoms with Crippen LogP contribution in [0.5, 0.6) is 0 Å². The van der Waals surface area contributed by atoms with Gasteiger partial charge in [0.1, 0.15) is 5.76 Å². The lowest BCUT2D eigenvalue weighted by Crippen LogP contribution is -2.14. The van der Waals surface area contributed by atoms with E-state index < -0.39 is 0 Å². The van der Waals surface area contributed by atoms with Crippen molar-refractivity contribution in [2.75, 3.05) is 11.1 Å². The molecule has 0 spiro atoms. The Morgan fingerprint density at radius 3 is 2.80 bits per heavy atom. The van der Waals surface area contributed by atoms with E-state index in [-0.39, 0.29) is 11.7 Å². The number of thioether (sulfide) groups is 1. The van der Waals surface area contributed by atoms with E-state index in [0.29, 0.717) is 10.2 Å². The van der Waals surface area contributed by atoms with Gasteiger partial charge in [-0.3, -0.25) is 4.79 Å². The minimum Gasteiger partial charge on any atom is -0.437 e. The van der Waals surface area contributed by atoms with Crippen LogP contribution in [0.3, 0.4) is 0 Å². The molecule has 0 saturated carbocycles. The van der Waals surface area contributed by atoms with Crippen LogP contribution in [-0.2, 0) is 4.79 Å². The molecule has 0 radical (unpaired) electrons. The highest BCUT2D eigenvalue weighted by molar-refractivity contribution is 7.99. The molecule has 1 aromatic carbocycles. The van der Waals surface area contributed by atoms with Gasteiger partial charge in [-0.1, -0.05) is 29.4 Å². The van der Waals surface area contributed by atoms with Crippen molar-refractivity contribution >= 4 is 35.0 Å². The zero-order valence-electron chi connectivity index (χ0n) is 11.5. The molecule has 0 bridgehead atoms. The summed E-state index contributed by atoms with van der Waals surface area (Å²) in [5, 5.41) is 3.97. The van der Waals surface area contributed by atoms with E-state index >= 15 is 0 Å². The maximum absolute atomic E-state index is 11.9. The molecule has 2 rings (SSSR count). The largest absolute Gasteiger partial charge is 0.437 e. The van der Waals surface area contributed by atoms with Crippen molar-refractivity contribution in [2.45, 2.75) is 26.0 Å². The number of halogens is 1. The smallest absolute Gasteiger partial charge is 0.256 e. The first-order valence-corrected chi connectivity index (χ1v) is 7.45. The molecule has 1 N–H and O–H groups in total. The Bertz CT molecular complexity index is 621. The Hall–Kier alpha value is -1.46. The summed E-state index contributed by atoms with van der Waals surface area (Å²) in [4.78, 5) is 16.1. The molecule has 20 heavy (non-hydrogen) atoms. The topological polar surface area (TPSA) is 55.1 Å². The molecule has 0 aliphatic rings. The molecular weight excluding hydrogens is 296 g/mol. The molecular formula is C14H15ClN2O2S. The number of aromatic nitrogens is 1. The molecule has 1 aromatic heterocycles. The third kappa shape index (κ3) is 3.55. The van der Waals surface area contributed by atoms with Crippen molar-refractivity contribution in [3.63, 3.8) is 0 Å². The van der Waals surface area contributed by atoms with Gasteiger partial charge in [0.05, 0.1) is 11.4 Å². The van der Waals surface area contributed by atoms with Crippen LogP contribution in [0.1, 0.15) is 17.0 Å². The molecule has 4 nitrogen and oxygen atoms in total. The molecule has 0 atom stereocenters. The number of aryl methyl sites for hydroxylation is 2. The summed E-state index contributed by atoms with van der Waals surface area (Å²) in [7, 11) is 0. The zero-order valence-corrected chi connectivity index (χ0v) is 13.1. The molecule has 0 unspecified atom stereocenters. The van der Waals surface area contributed by atoms with Crippen LogP contribution in [0, 0.1) is 20.8 Å². The number of carbonyl (C=O) groups is 1. The minimum atomic E-state index is -0.117. The lowest BCUT2D eigenvalue weighted by atomic mass is 10.2. The fourth-order valence-corrected chi connectivity index (χ4v) is 2.45. The summed E-state index contributed by atoms with van der Waals surface area (Å²) in [5.74, 6) is 0.901. The highest BCUT2D eigenvalue weighted by Crippen LogP contribution is 2.24. The summed E-state index contributed by atoms with van der Waals surface area (Å²) in [5.41, 5.74) is 2.43. The normalized spacial score (nSPS) is 10.6. The molecule has 0 saturated heterocycles. The Morgan fingerprint density at radius 2 is 2.15 bits per heavy atom. The summed E-state index contributed by atoms with van der Waals surface area (Å²) in [6.45, 7) is 5.59. The molecule has 0 aliphatic heterocycles. The monoisotopic (exact) mass is 310 g/mol. The van der Waals surface area contributed by atoms with Gasteiger partial charge in [0, 0.05) is 10.7 Å². The van der Waals surface area contributed by atoms with Crippen LogP contribution in [0.2, 0.25) is 5.02 Å². The number of nitrogens with one attached hydrogen (secondary N) is 1. The van der Waals surface area contributed by atoms with Gasteiger partial charge in [-0.05, 0) is 38.5 Å². The van der Waals surface area contributed by atoms with Crippen molar-refractivity contribution in [3.05, 3.63) is 40.2 Å². The van der Waals surface area contributed by atoms with Crippen LogP contribution < -0.4 is 5.32 Å². The number of benzene rings is 1. The number of rotatable bonds is 4. The maximum Gasteiger partial charge on any atom is 0.256 e. The van der Waals surface area contributed by atoms with Gasteiger partial charge < -0.3 is 9.73 Å². The lowest BCUT2D eigenvalue weighted by Gasteiger charge is -2.08. The number of carbonyl (C=O) groups excluding carboxylic acids is 1. The average Bonchev–Trinajstić information content (AvgIpc) is 2.72. The molecule has 2 aromatic rings. The third-order valence-electron chi connectivity index (χ3n) is 2.88. The Morgan fingerprint density at radius 1 is 1.40 bits per heavy atom. The average molecular weight is 311 g/mol. The molecule has 1 heterocycles. The number of anilines is 1. The summed E-state index contributed by atoms with van der Waals surface area (Å²) < 4.78 is 5.41. The molecule has 0 fully saturated rings. The molecule has 1 amide bonds. The third-order valence-corrected chi connectivity index (χ3v) is 4.11. The van der Waals surface area contributed by atoms with Crippen molar-refractivity contribution in [1.29, 1.82) is 0 Å². The fourth-order valence-electron chi connectivity index (χ4n) is 1.56. The Balaban J connectivity index is 1.94. The SMILES string of the molecule is Cc1nc(SCC(=O)Nc2cccc(Cl)c2C)oc1C. The minimum absolute atomic E-state index is 0.117. The van der Waals surface area contributed by atoms with E-state index in [1.165, 1.54) is 11.8 Å². The van der Waals surface area contributed by atoms with Crippen molar-refractivity contribution in [3.8, 4) is 0 Å². The quantitative estimate of drug-likeness (QED) is 0.868. The zero-order chi connectivity index (χ0) is 14.7. The maximum atomic E-state index is 11.9. The van der Waals surface area contributed by atoms with Crippen molar-refractivity contribution in [2.24, 2.45) is 0 Å². The van der Waals surface area contributed by atoms with E-state index in [1.54, 1.807) is 12.1 Å². The van der Waals surface area contributed by atoms with Crippen LogP contribution >= 0.6 is 23.4 Å². The first-order valence-electron chi connectivity index (χ1n) is 6.09. The fraction of sp³-hybridized carbons (Fsp3) is 0.286. The van der Waals surface area contributed by atoms with E-state index in [0.717, 1.165) is 22.7 Å². The van der Waals surface area contributed by atoms with Gasteiger partial charge in [-0.25, -0.2) is 4.98 Å². The molecule has 0 aliphatic carbocycles. The summed E-state index contributed by atoms with van der Waals surface area (Å²) >= 11 is 7.28. The van der Waals surface area contributed by atoms with Crippen LogP contribution in [0.4, 0.5) is 5.69 Å². The summed E-state index contributed by atoms with van der Waals surface area (Å²) in [6, 6.07) is 5.42. The predicted molar refractivity (Wildman–Crippen MR) is 81.5 cm³/mol. The van der Waals surface area contributed by atoms with E-state index in [4.69, 9.17) is 16.0 Å². The van der Waals surface area contributed by atoms with Crippen LogP contribution in [-0.4, -0.2) is 16.6 Å². The number of hydrogen-bond acceptors (Lipinski definition) is 4. The van der Waals surface area contributed by atoms with Gasteiger partial charge in [-0.15, -0.1) is 0 Å². The van der Waals surface area contributed by atoms with Crippen LogP contribution in [0.25, 0.3) is 0 Å². The van der Waals surface area contributed by atoms with Gasteiger partial charge >= 0.3 is 0 Å². The second-order valence-corrected chi connectivity index (χ2v) is 5.70. The van der Waals surface area contributed by atoms with Gasteiger partial charge in [0.2, 0.25) is 5.91 Å². The highest BCUT2D eigenvalue weighted by atomic mass is 35.5. The Kier molecular flexibility index (Phi) is 4.73. The molecule has 106 valence electrons. The first kappa shape index (κ1) is 14.9. The number of amides is 1. The first-order chi connectivity index (χ1) is 9.47. The molecule has 6 heteroatoms. The van der Waals surface area contributed by atoms with Crippen molar-refractivity contribution in [1.82, 2.24) is 4.98 Å². The van der Waals surface area contributed by atoms with E-state index in [2.05, 4.69) is 10.3 Å². The van der Waals surface area contributed by atoms with Gasteiger partial charge in [0.25, 0.3) is 5.22 Å². The standard InChI is InChI=1S/C14H15ClN2O2S/c1-8-11(15)5-4-6-12(8)17-13(18)7-20-14-16-9(2)10(3)19-14/h4-6H,7H2,1-3H3,(H,17,18). The van der Waals surface area contributed by atoms with E-state index in [1.807, 2.05) is 26.8 Å². The van der Waals surface area contributed by atoms with Gasteiger partial charge in [-0.2, -0.15) is 0 Å². The second kappa shape index (κ2) is 6.33. The Labute approximate surface area is 126 Å². The number of hydrogen-bond donors (Lipinski definition) is 1. The number of nitrogens with zero attached hydrogens (tertiary/aromatic N) is 1. The predicted octanol–water partition coefficient (Wildman–Crippen LogP) is 3.98. The van der Waals surface area contributed by atoms with Crippen LogP contribution in [0.15, 0.2) is 27.8 Å². The van der Waals surface area contributed by atoms with Gasteiger partial charge in [0.15, 0.2) is 0 Å². The number of oxazole rings is 1. The highest BCUT2D eigenvalue weighted by Gasteiger charge is 2.11.